The van der Waals surface area contributed by atoms with E-state index in [9.17, 15) is 0 Å². The Morgan fingerprint density at radius 2 is 1.95 bits per heavy atom. The van der Waals surface area contributed by atoms with Crippen molar-refractivity contribution in [2.45, 2.75) is 19.9 Å². The SMILES string of the molecule is CCNC(C)c1ccc(N(CC#N)CC#N)cc1Cl. The summed E-state index contributed by atoms with van der Waals surface area (Å²) >= 11 is 6.27. The summed E-state index contributed by atoms with van der Waals surface area (Å²) in [6, 6.07) is 9.90. The monoisotopic (exact) mass is 276 g/mol. The highest BCUT2D eigenvalue weighted by Crippen LogP contribution is 2.27. The maximum Gasteiger partial charge on any atom is 0.106 e. The molecule has 19 heavy (non-hydrogen) atoms. The van der Waals surface area contributed by atoms with Crippen molar-refractivity contribution in [3.63, 3.8) is 0 Å². The summed E-state index contributed by atoms with van der Waals surface area (Å²) in [5.41, 5.74) is 1.81. The van der Waals surface area contributed by atoms with Gasteiger partial charge in [0.15, 0.2) is 0 Å². The van der Waals surface area contributed by atoms with E-state index in [0.717, 1.165) is 17.8 Å². The van der Waals surface area contributed by atoms with Crippen molar-refractivity contribution in [1.82, 2.24) is 5.32 Å². The predicted molar refractivity (Wildman–Crippen MR) is 77.0 cm³/mol. The minimum atomic E-state index is 0.173. The van der Waals surface area contributed by atoms with Crippen LogP contribution in [0, 0.1) is 22.7 Å². The fourth-order valence-corrected chi connectivity index (χ4v) is 2.23. The van der Waals surface area contributed by atoms with Gasteiger partial charge in [0, 0.05) is 16.8 Å². The van der Waals surface area contributed by atoms with Gasteiger partial charge in [-0.1, -0.05) is 24.6 Å². The number of benzene rings is 1. The van der Waals surface area contributed by atoms with Crippen LogP contribution < -0.4 is 10.2 Å². The Bertz CT molecular complexity index is 485. The summed E-state index contributed by atoms with van der Waals surface area (Å²) in [4.78, 5) is 1.69. The van der Waals surface area contributed by atoms with Crippen molar-refractivity contribution in [3.8, 4) is 12.1 Å². The Labute approximate surface area is 119 Å². The first-order chi connectivity index (χ1) is 9.13. The molecule has 5 heteroatoms. The maximum absolute atomic E-state index is 8.76. The molecule has 1 aromatic carbocycles. The van der Waals surface area contributed by atoms with Gasteiger partial charge in [-0.3, -0.25) is 0 Å². The molecule has 1 N–H and O–H groups in total. The van der Waals surface area contributed by atoms with E-state index >= 15 is 0 Å². The summed E-state index contributed by atoms with van der Waals surface area (Å²) in [6.45, 7) is 5.30. The Morgan fingerprint density at radius 3 is 2.42 bits per heavy atom. The summed E-state index contributed by atoms with van der Waals surface area (Å²) in [5.74, 6) is 0. The van der Waals surface area contributed by atoms with E-state index in [2.05, 4.69) is 5.32 Å². The summed E-state index contributed by atoms with van der Waals surface area (Å²) in [7, 11) is 0. The third-order valence-corrected chi connectivity index (χ3v) is 3.18. The van der Waals surface area contributed by atoms with E-state index in [1.807, 2.05) is 38.1 Å². The first kappa shape index (κ1) is 15.3. The standard InChI is InChI=1S/C14H17ClN4/c1-3-18-11(2)13-5-4-12(10-14(13)15)19(8-6-16)9-7-17/h4-5,10-11,18H,3,8-9H2,1-2H3. The van der Waals surface area contributed by atoms with Crippen LogP contribution in [0.25, 0.3) is 0 Å². The lowest BCUT2D eigenvalue weighted by molar-refractivity contribution is 0.598. The van der Waals surface area contributed by atoms with Gasteiger partial charge in [-0.2, -0.15) is 10.5 Å². The number of nitriles is 2. The average Bonchev–Trinajstić information content (AvgIpc) is 2.38. The number of halogens is 1. The molecule has 0 aliphatic heterocycles. The predicted octanol–water partition coefficient (Wildman–Crippen LogP) is 2.86. The molecule has 0 spiro atoms. The molecule has 0 saturated carbocycles. The van der Waals surface area contributed by atoms with Crippen LogP contribution in [0.1, 0.15) is 25.5 Å². The van der Waals surface area contributed by atoms with Crippen LogP contribution >= 0.6 is 11.6 Å². The molecule has 0 saturated heterocycles. The molecule has 1 atom stereocenters. The molecule has 0 aliphatic carbocycles. The second-order valence-electron chi connectivity index (χ2n) is 4.16. The van der Waals surface area contributed by atoms with E-state index in [4.69, 9.17) is 22.1 Å². The number of nitrogens with zero attached hydrogens (tertiary/aromatic N) is 3. The van der Waals surface area contributed by atoms with Crippen molar-refractivity contribution < 1.29 is 0 Å². The van der Waals surface area contributed by atoms with Crippen molar-refractivity contribution in [3.05, 3.63) is 28.8 Å². The molecular weight excluding hydrogens is 260 g/mol. The molecule has 4 nitrogen and oxygen atoms in total. The van der Waals surface area contributed by atoms with Crippen molar-refractivity contribution >= 4 is 17.3 Å². The van der Waals surface area contributed by atoms with Gasteiger partial charge in [-0.25, -0.2) is 0 Å². The van der Waals surface area contributed by atoms with E-state index < -0.39 is 0 Å². The van der Waals surface area contributed by atoms with E-state index in [1.165, 1.54) is 0 Å². The highest BCUT2D eigenvalue weighted by atomic mass is 35.5. The number of hydrogen-bond donors (Lipinski definition) is 1. The lowest BCUT2D eigenvalue weighted by Gasteiger charge is -2.21. The smallest absolute Gasteiger partial charge is 0.106 e. The van der Waals surface area contributed by atoms with Crippen LogP contribution in [-0.2, 0) is 0 Å². The molecule has 0 radical (unpaired) electrons. The number of rotatable bonds is 6. The summed E-state index contributed by atoms with van der Waals surface area (Å²) in [5, 5.41) is 21.5. The molecule has 1 rings (SSSR count). The zero-order valence-corrected chi connectivity index (χ0v) is 11.9. The molecule has 1 unspecified atom stereocenters. The second-order valence-corrected chi connectivity index (χ2v) is 4.56. The van der Waals surface area contributed by atoms with Crippen molar-refractivity contribution in [2.24, 2.45) is 0 Å². The molecule has 1 aromatic rings. The largest absolute Gasteiger partial charge is 0.345 e. The molecule has 0 fully saturated rings. The van der Waals surface area contributed by atoms with Crippen molar-refractivity contribution in [1.29, 1.82) is 10.5 Å². The fraction of sp³-hybridized carbons (Fsp3) is 0.429. The Kier molecular flexibility index (Phi) is 6.15. The zero-order chi connectivity index (χ0) is 14.3. The van der Waals surface area contributed by atoms with E-state index in [0.29, 0.717) is 5.02 Å². The maximum atomic E-state index is 8.76. The van der Waals surface area contributed by atoms with Crippen LogP contribution in [0.4, 0.5) is 5.69 Å². The molecule has 100 valence electrons. The van der Waals surface area contributed by atoms with E-state index in [1.54, 1.807) is 11.0 Å². The average molecular weight is 277 g/mol. The second kappa shape index (κ2) is 7.63. The van der Waals surface area contributed by atoms with Gasteiger partial charge in [0.2, 0.25) is 0 Å². The van der Waals surface area contributed by atoms with Gasteiger partial charge >= 0.3 is 0 Å². The van der Waals surface area contributed by atoms with Crippen LogP contribution in [0.2, 0.25) is 5.02 Å². The molecule has 0 heterocycles. The van der Waals surface area contributed by atoms with Crippen LogP contribution in [0.5, 0.6) is 0 Å². The van der Waals surface area contributed by atoms with Crippen LogP contribution in [0.15, 0.2) is 18.2 Å². The molecular formula is C14H17ClN4. The summed E-state index contributed by atoms with van der Waals surface area (Å²) < 4.78 is 0. The van der Waals surface area contributed by atoms with Crippen LogP contribution in [0.3, 0.4) is 0 Å². The number of nitrogens with one attached hydrogen (secondary N) is 1. The molecule has 0 aromatic heterocycles. The quantitative estimate of drug-likeness (QED) is 0.812. The first-order valence-electron chi connectivity index (χ1n) is 6.15. The van der Waals surface area contributed by atoms with Gasteiger partial charge in [-0.15, -0.1) is 0 Å². The fourth-order valence-electron chi connectivity index (χ4n) is 1.89. The van der Waals surface area contributed by atoms with E-state index in [-0.39, 0.29) is 19.1 Å². The lowest BCUT2D eigenvalue weighted by atomic mass is 10.1. The highest BCUT2D eigenvalue weighted by Gasteiger charge is 2.12. The third-order valence-electron chi connectivity index (χ3n) is 2.85. The third kappa shape index (κ3) is 4.13. The number of hydrogen-bond acceptors (Lipinski definition) is 4. The van der Waals surface area contributed by atoms with Gasteiger partial charge in [0.25, 0.3) is 0 Å². The number of anilines is 1. The lowest BCUT2D eigenvalue weighted by Crippen LogP contribution is -2.24. The molecule has 0 aliphatic rings. The van der Waals surface area contributed by atoms with Gasteiger partial charge in [0.1, 0.15) is 13.1 Å². The van der Waals surface area contributed by atoms with Gasteiger partial charge in [-0.05, 0) is 31.2 Å². The van der Waals surface area contributed by atoms with Gasteiger partial charge < -0.3 is 10.2 Å². The Balaban J connectivity index is 2.98. The topological polar surface area (TPSA) is 62.9 Å². The minimum absolute atomic E-state index is 0.173. The normalized spacial score (nSPS) is 11.4. The zero-order valence-electron chi connectivity index (χ0n) is 11.2. The highest BCUT2D eigenvalue weighted by molar-refractivity contribution is 6.31. The molecule has 0 amide bonds. The Morgan fingerprint density at radius 1 is 1.32 bits per heavy atom. The van der Waals surface area contributed by atoms with Crippen LogP contribution in [-0.4, -0.2) is 19.6 Å². The first-order valence-corrected chi connectivity index (χ1v) is 6.53. The Hall–Kier alpha value is -1.75. The minimum Gasteiger partial charge on any atom is -0.345 e. The summed E-state index contributed by atoms with van der Waals surface area (Å²) in [6.07, 6.45) is 0. The van der Waals surface area contributed by atoms with Crippen molar-refractivity contribution in [2.75, 3.05) is 24.5 Å². The van der Waals surface area contributed by atoms with Gasteiger partial charge in [0.05, 0.1) is 12.1 Å². The molecule has 0 bridgehead atoms.